The van der Waals surface area contributed by atoms with Crippen molar-refractivity contribution in [3.05, 3.63) is 86.9 Å². The van der Waals surface area contributed by atoms with Gasteiger partial charge < -0.3 is 15.4 Å². The molecule has 3 aromatic carbocycles. The molecule has 1 saturated heterocycles. The van der Waals surface area contributed by atoms with Gasteiger partial charge in [-0.25, -0.2) is 8.78 Å². The zero-order valence-corrected chi connectivity index (χ0v) is 21.6. The molecule has 1 aliphatic carbocycles. The Morgan fingerprint density at radius 1 is 1.18 bits per heavy atom. The van der Waals surface area contributed by atoms with Crippen LogP contribution in [0, 0.1) is 28.9 Å². The number of ether oxygens (including phenoxy) is 1. The number of benzene rings is 3. The second kappa shape index (κ2) is 9.37. The first-order chi connectivity index (χ1) is 18.4. The molecule has 38 heavy (non-hydrogen) atoms. The average molecular weight is 534 g/mol. The molecule has 0 aromatic heterocycles. The Morgan fingerprint density at radius 2 is 1.97 bits per heavy atom. The van der Waals surface area contributed by atoms with Crippen LogP contribution in [0.5, 0.6) is 5.75 Å². The monoisotopic (exact) mass is 533 g/mol. The molecule has 1 amide bonds. The lowest BCUT2D eigenvalue weighted by Crippen LogP contribution is -2.48. The zero-order valence-electron chi connectivity index (χ0n) is 20.8. The molecule has 1 unspecified atom stereocenters. The lowest BCUT2D eigenvalue weighted by Gasteiger charge is -2.35. The van der Waals surface area contributed by atoms with E-state index < -0.39 is 23.1 Å². The third kappa shape index (κ3) is 3.70. The van der Waals surface area contributed by atoms with Crippen molar-refractivity contribution in [1.29, 1.82) is 5.26 Å². The first kappa shape index (κ1) is 24.8. The SMILES string of the molecule is CNC(=O)c1cc2c(c(F)c1-c1c(Cl)c(F)cc3c1C[C@](c1ccccc1)([C@@H]1CCCN1)O3)CC(C#N)C2. The van der Waals surface area contributed by atoms with E-state index in [0.29, 0.717) is 29.5 Å². The molecule has 3 atom stereocenters. The van der Waals surface area contributed by atoms with Crippen molar-refractivity contribution in [2.45, 2.75) is 43.7 Å². The summed E-state index contributed by atoms with van der Waals surface area (Å²) in [5.41, 5.74) is 1.78. The van der Waals surface area contributed by atoms with E-state index in [9.17, 15) is 10.1 Å². The second-order valence-corrected chi connectivity index (χ2v) is 10.6. The summed E-state index contributed by atoms with van der Waals surface area (Å²) < 4.78 is 38.4. The summed E-state index contributed by atoms with van der Waals surface area (Å²) in [5, 5.41) is 15.3. The van der Waals surface area contributed by atoms with Crippen LogP contribution in [0.1, 0.15) is 45.5 Å². The third-order valence-electron chi connectivity index (χ3n) is 8.18. The van der Waals surface area contributed by atoms with Crippen LogP contribution in [-0.2, 0) is 24.9 Å². The number of hydrogen-bond donors (Lipinski definition) is 2. The van der Waals surface area contributed by atoms with Gasteiger partial charge in [0.25, 0.3) is 5.91 Å². The van der Waals surface area contributed by atoms with Gasteiger partial charge >= 0.3 is 0 Å². The van der Waals surface area contributed by atoms with Gasteiger partial charge in [-0.3, -0.25) is 4.79 Å². The Hall–Kier alpha value is -3.47. The van der Waals surface area contributed by atoms with Gasteiger partial charge in [-0.05, 0) is 55.0 Å². The number of carbonyl (C=O) groups is 1. The Kier molecular flexibility index (Phi) is 6.13. The van der Waals surface area contributed by atoms with E-state index in [2.05, 4.69) is 16.7 Å². The molecule has 5 nitrogen and oxygen atoms in total. The fraction of sp³-hybridized carbons (Fsp3) is 0.333. The number of nitrogens with one attached hydrogen (secondary N) is 2. The molecule has 0 spiro atoms. The fourth-order valence-corrected chi connectivity index (χ4v) is 6.67. The lowest BCUT2D eigenvalue weighted by atomic mass is 9.80. The van der Waals surface area contributed by atoms with E-state index in [1.807, 2.05) is 30.3 Å². The van der Waals surface area contributed by atoms with E-state index in [1.54, 1.807) is 6.07 Å². The minimum Gasteiger partial charge on any atom is -0.480 e. The van der Waals surface area contributed by atoms with Gasteiger partial charge in [-0.15, -0.1) is 0 Å². The number of rotatable bonds is 4. The number of nitriles is 1. The molecule has 3 aliphatic rings. The molecule has 0 radical (unpaired) electrons. The molecule has 2 heterocycles. The number of nitrogens with zero attached hydrogens (tertiary/aromatic N) is 1. The number of amides is 1. The molecule has 0 saturated carbocycles. The summed E-state index contributed by atoms with van der Waals surface area (Å²) in [5.74, 6) is -1.99. The summed E-state index contributed by atoms with van der Waals surface area (Å²) in [6, 6.07) is 14.8. The maximum atomic E-state index is 16.4. The Morgan fingerprint density at radius 3 is 2.66 bits per heavy atom. The number of fused-ring (bicyclic) bond motifs is 2. The average Bonchev–Trinajstić information content (AvgIpc) is 3.69. The van der Waals surface area contributed by atoms with Crippen LogP contribution in [0.4, 0.5) is 8.78 Å². The van der Waals surface area contributed by atoms with Crippen LogP contribution in [0.2, 0.25) is 5.02 Å². The number of hydrogen-bond acceptors (Lipinski definition) is 4. The smallest absolute Gasteiger partial charge is 0.251 e. The van der Waals surface area contributed by atoms with Crippen LogP contribution in [-0.4, -0.2) is 25.5 Å². The van der Waals surface area contributed by atoms with Crippen molar-refractivity contribution in [2.24, 2.45) is 5.92 Å². The highest BCUT2D eigenvalue weighted by atomic mass is 35.5. The van der Waals surface area contributed by atoms with E-state index in [4.69, 9.17) is 16.3 Å². The van der Waals surface area contributed by atoms with E-state index in [0.717, 1.165) is 24.9 Å². The van der Waals surface area contributed by atoms with Gasteiger partial charge in [0.2, 0.25) is 0 Å². The Balaban J connectivity index is 1.60. The molecule has 6 rings (SSSR count). The van der Waals surface area contributed by atoms with Crippen LogP contribution in [0.25, 0.3) is 11.1 Å². The molecule has 3 aromatic rings. The minimum atomic E-state index is -0.849. The summed E-state index contributed by atoms with van der Waals surface area (Å²) >= 11 is 6.61. The summed E-state index contributed by atoms with van der Waals surface area (Å²) in [6.07, 6.45) is 2.74. The minimum absolute atomic E-state index is 0.0470. The van der Waals surface area contributed by atoms with Gasteiger partial charge in [0.1, 0.15) is 17.4 Å². The maximum Gasteiger partial charge on any atom is 0.251 e. The first-order valence-electron chi connectivity index (χ1n) is 12.8. The van der Waals surface area contributed by atoms with Crippen LogP contribution < -0.4 is 15.4 Å². The summed E-state index contributed by atoms with van der Waals surface area (Å²) in [4.78, 5) is 13.0. The molecule has 2 N–H and O–H groups in total. The van der Waals surface area contributed by atoms with E-state index >= 15 is 8.78 Å². The molecule has 194 valence electrons. The molecular formula is C30H26ClF2N3O2. The van der Waals surface area contributed by atoms with Crippen molar-refractivity contribution in [2.75, 3.05) is 13.6 Å². The fourth-order valence-electron chi connectivity index (χ4n) is 6.40. The first-order valence-corrected chi connectivity index (χ1v) is 13.2. The molecular weight excluding hydrogens is 508 g/mol. The van der Waals surface area contributed by atoms with Crippen molar-refractivity contribution in [3.8, 4) is 22.9 Å². The summed E-state index contributed by atoms with van der Waals surface area (Å²) in [6.45, 7) is 0.835. The van der Waals surface area contributed by atoms with Gasteiger partial charge in [0, 0.05) is 36.2 Å². The number of halogens is 3. The van der Waals surface area contributed by atoms with E-state index in [-0.39, 0.29) is 45.8 Å². The Labute approximate surface area is 224 Å². The van der Waals surface area contributed by atoms with Gasteiger partial charge in [0.05, 0.1) is 28.6 Å². The normalized spacial score (nSPS) is 23.4. The molecule has 8 heteroatoms. The predicted molar refractivity (Wildman–Crippen MR) is 140 cm³/mol. The van der Waals surface area contributed by atoms with E-state index in [1.165, 1.54) is 13.1 Å². The standard InChI is InChI=1S/C30H26ClF2N3O2/c1-35-29(37)20-12-17-10-16(15-34)11-19(17)28(33)26(20)25-21-14-30(24-8-5-9-36-24,18-6-3-2-4-7-18)38-23(21)13-22(32)27(25)31/h2-4,6-7,12-13,16,24,36H,5,8-11,14H2,1H3,(H,35,37)/t16?,24-,30-/m0/s1. The Bertz CT molecular complexity index is 1500. The third-order valence-corrected chi connectivity index (χ3v) is 8.55. The zero-order chi connectivity index (χ0) is 26.6. The van der Waals surface area contributed by atoms with Gasteiger partial charge in [-0.1, -0.05) is 41.9 Å². The highest BCUT2D eigenvalue weighted by Gasteiger charge is 2.50. The second-order valence-electron chi connectivity index (χ2n) is 10.3. The maximum absolute atomic E-state index is 16.4. The highest BCUT2D eigenvalue weighted by Crippen LogP contribution is 2.52. The largest absolute Gasteiger partial charge is 0.480 e. The molecule has 2 aliphatic heterocycles. The lowest BCUT2D eigenvalue weighted by molar-refractivity contribution is 0.0539. The molecule has 0 bridgehead atoms. The van der Waals surface area contributed by atoms with Gasteiger partial charge in [-0.2, -0.15) is 5.26 Å². The molecule has 1 fully saturated rings. The van der Waals surface area contributed by atoms with Gasteiger partial charge in [0.15, 0.2) is 5.60 Å². The summed E-state index contributed by atoms with van der Waals surface area (Å²) in [7, 11) is 1.46. The van der Waals surface area contributed by atoms with Crippen molar-refractivity contribution in [1.82, 2.24) is 10.6 Å². The van der Waals surface area contributed by atoms with Crippen LogP contribution in [0.3, 0.4) is 0 Å². The van der Waals surface area contributed by atoms with Crippen molar-refractivity contribution < 1.29 is 18.3 Å². The van der Waals surface area contributed by atoms with Crippen LogP contribution in [0.15, 0.2) is 42.5 Å². The predicted octanol–water partition coefficient (Wildman–Crippen LogP) is 5.47. The highest BCUT2D eigenvalue weighted by molar-refractivity contribution is 6.34. The number of carbonyl (C=O) groups excluding carboxylic acids is 1. The topological polar surface area (TPSA) is 74.2 Å². The van der Waals surface area contributed by atoms with Crippen molar-refractivity contribution >= 4 is 17.5 Å². The van der Waals surface area contributed by atoms with Crippen molar-refractivity contribution in [3.63, 3.8) is 0 Å². The quantitative estimate of drug-likeness (QED) is 0.467. The van der Waals surface area contributed by atoms with Crippen LogP contribution >= 0.6 is 11.6 Å².